The van der Waals surface area contributed by atoms with Crippen LogP contribution in [0.1, 0.15) is 44.2 Å². The van der Waals surface area contributed by atoms with Crippen LogP contribution >= 0.6 is 11.6 Å². The summed E-state index contributed by atoms with van der Waals surface area (Å²) in [5.74, 6) is 0.973. The third kappa shape index (κ3) is 3.19. The lowest BCUT2D eigenvalue weighted by Gasteiger charge is -2.26. The summed E-state index contributed by atoms with van der Waals surface area (Å²) in [6.07, 6.45) is 7.36. The Morgan fingerprint density at radius 1 is 1.56 bits per heavy atom. The summed E-state index contributed by atoms with van der Waals surface area (Å²) < 4.78 is 0. The fourth-order valence-corrected chi connectivity index (χ4v) is 2.27. The first-order chi connectivity index (χ1) is 7.75. The van der Waals surface area contributed by atoms with Crippen LogP contribution in [0.3, 0.4) is 0 Å². The van der Waals surface area contributed by atoms with E-state index in [0.717, 1.165) is 12.5 Å². The van der Waals surface area contributed by atoms with E-state index in [0.29, 0.717) is 11.2 Å². The predicted octanol–water partition coefficient (Wildman–Crippen LogP) is 3.58. The van der Waals surface area contributed by atoms with Gasteiger partial charge in [-0.05, 0) is 43.5 Å². The zero-order valence-electron chi connectivity index (χ0n) is 9.75. The van der Waals surface area contributed by atoms with Crippen LogP contribution in [0.15, 0.2) is 18.3 Å². The fraction of sp³-hybridized carbons (Fsp3) is 0.615. The molecule has 2 nitrogen and oxygen atoms in total. The van der Waals surface area contributed by atoms with Gasteiger partial charge in [0.25, 0.3) is 0 Å². The lowest BCUT2D eigenvalue weighted by Crippen LogP contribution is -2.24. The number of pyridine rings is 1. The Hall–Kier alpha value is -0.600. The van der Waals surface area contributed by atoms with Crippen molar-refractivity contribution in [1.82, 2.24) is 10.3 Å². The summed E-state index contributed by atoms with van der Waals surface area (Å²) in [6, 6.07) is 4.32. The van der Waals surface area contributed by atoms with Crippen molar-refractivity contribution in [2.75, 3.05) is 6.54 Å². The average molecular weight is 239 g/mol. The predicted molar refractivity (Wildman–Crippen MR) is 67.6 cm³/mol. The Morgan fingerprint density at radius 2 is 2.38 bits per heavy atom. The highest BCUT2D eigenvalue weighted by atomic mass is 35.5. The molecule has 0 aliphatic heterocycles. The van der Waals surface area contributed by atoms with Gasteiger partial charge in [-0.2, -0.15) is 0 Å². The van der Waals surface area contributed by atoms with Crippen molar-refractivity contribution in [3.05, 3.63) is 29.0 Å². The summed E-state index contributed by atoms with van der Waals surface area (Å²) in [5.41, 5.74) is 1.22. The van der Waals surface area contributed by atoms with Crippen molar-refractivity contribution in [2.24, 2.45) is 5.92 Å². The van der Waals surface area contributed by atoms with Gasteiger partial charge in [-0.3, -0.25) is 0 Å². The second-order valence-corrected chi connectivity index (χ2v) is 5.06. The number of hydrogen-bond donors (Lipinski definition) is 1. The minimum atomic E-state index is 0.362. The first kappa shape index (κ1) is 11.9. The maximum Gasteiger partial charge on any atom is 0.129 e. The molecule has 1 heterocycles. The largest absolute Gasteiger partial charge is 0.310 e. The summed E-state index contributed by atoms with van der Waals surface area (Å²) in [7, 11) is 0. The maximum atomic E-state index is 5.87. The first-order valence-corrected chi connectivity index (χ1v) is 6.48. The molecule has 1 atom stereocenters. The summed E-state index contributed by atoms with van der Waals surface area (Å²) in [4.78, 5) is 3.99. The van der Waals surface area contributed by atoms with E-state index in [2.05, 4.69) is 17.2 Å². The third-order valence-corrected chi connectivity index (χ3v) is 3.69. The van der Waals surface area contributed by atoms with E-state index < -0.39 is 0 Å². The molecule has 1 aliphatic rings. The van der Waals surface area contributed by atoms with Crippen LogP contribution in [-0.2, 0) is 0 Å². The summed E-state index contributed by atoms with van der Waals surface area (Å²) >= 11 is 5.87. The van der Waals surface area contributed by atoms with Crippen molar-refractivity contribution < 1.29 is 0 Å². The molecule has 0 amide bonds. The van der Waals surface area contributed by atoms with Crippen LogP contribution in [0, 0.1) is 5.92 Å². The minimum Gasteiger partial charge on any atom is -0.310 e. The Balaban J connectivity index is 1.76. The molecule has 1 saturated carbocycles. The van der Waals surface area contributed by atoms with E-state index >= 15 is 0 Å². The van der Waals surface area contributed by atoms with Crippen LogP contribution in [0.2, 0.25) is 5.15 Å². The van der Waals surface area contributed by atoms with Crippen molar-refractivity contribution in [3.8, 4) is 0 Å². The van der Waals surface area contributed by atoms with E-state index in [-0.39, 0.29) is 0 Å². The maximum absolute atomic E-state index is 5.87. The quantitative estimate of drug-likeness (QED) is 0.794. The number of aromatic nitrogens is 1. The van der Waals surface area contributed by atoms with Gasteiger partial charge in [-0.25, -0.2) is 4.98 Å². The van der Waals surface area contributed by atoms with Gasteiger partial charge in [0.15, 0.2) is 0 Å². The van der Waals surface area contributed by atoms with Crippen LogP contribution in [0.5, 0.6) is 0 Å². The first-order valence-electron chi connectivity index (χ1n) is 6.10. The smallest absolute Gasteiger partial charge is 0.129 e. The van der Waals surface area contributed by atoms with Crippen molar-refractivity contribution >= 4 is 11.6 Å². The number of rotatable bonds is 5. The monoisotopic (exact) mass is 238 g/mol. The Labute approximate surface area is 102 Å². The molecule has 16 heavy (non-hydrogen) atoms. The highest BCUT2D eigenvalue weighted by Gasteiger charge is 2.16. The highest BCUT2D eigenvalue weighted by molar-refractivity contribution is 6.29. The van der Waals surface area contributed by atoms with Crippen LogP contribution < -0.4 is 5.32 Å². The lowest BCUT2D eigenvalue weighted by molar-refractivity contribution is 0.288. The van der Waals surface area contributed by atoms with Crippen molar-refractivity contribution in [3.63, 3.8) is 0 Å². The number of nitrogens with one attached hydrogen (secondary N) is 1. The molecule has 3 heteroatoms. The van der Waals surface area contributed by atoms with Crippen LogP contribution in [-0.4, -0.2) is 11.5 Å². The molecule has 1 N–H and O–H groups in total. The Morgan fingerprint density at radius 3 is 3.00 bits per heavy atom. The fourth-order valence-electron chi connectivity index (χ4n) is 2.09. The van der Waals surface area contributed by atoms with Crippen LogP contribution in [0.4, 0.5) is 0 Å². The molecule has 1 aromatic heterocycles. The van der Waals surface area contributed by atoms with Gasteiger partial charge in [-0.15, -0.1) is 0 Å². The second kappa shape index (κ2) is 5.65. The standard InChI is InChI=1S/C13H19ClN2/c1-10(12-6-8-16-13(14)9-12)15-7-5-11-3-2-4-11/h6,8-11,15H,2-5,7H2,1H3. The Bertz CT molecular complexity index is 336. The molecule has 1 unspecified atom stereocenters. The van der Waals surface area contributed by atoms with Crippen molar-refractivity contribution in [2.45, 2.75) is 38.6 Å². The molecule has 0 saturated heterocycles. The number of hydrogen-bond acceptors (Lipinski definition) is 2. The molecule has 1 aliphatic carbocycles. The van der Waals surface area contributed by atoms with E-state index in [4.69, 9.17) is 11.6 Å². The third-order valence-electron chi connectivity index (χ3n) is 3.48. The summed E-state index contributed by atoms with van der Waals surface area (Å²) in [6.45, 7) is 3.28. The van der Waals surface area contributed by atoms with Gasteiger partial charge in [0.2, 0.25) is 0 Å². The average Bonchev–Trinajstić information content (AvgIpc) is 2.21. The normalized spacial score (nSPS) is 18.1. The van der Waals surface area contributed by atoms with Gasteiger partial charge in [-0.1, -0.05) is 30.9 Å². The topological polar surface area (TPSA) is 24.9 Å². The van der Waals surface area contributed by atoms with E-state index in [9.17, 15) is 0 Å². The molecule has 0 radical (unpaired) electrons. The van der Waals surface area contributed by atoms with Crippen LogP contribution in [0.25, 0.3) is 0 Å². The van der Waals surface area contributed by atoms with Gasteiger partial charge in [0.05, 0.1) is 0 Å². The van der Waals surface area contributed by atoms with E-state index in [1.54, 1.807) is 6.20 Å². The van der Waals surface area contributed by atoms with E-state index in [1.807, 2.05) is 12.1 Å². The Kier molecular flexibility index (Phi) is 4.19. The molecular weight excluding hydrogens is 220 g/mol. The molecular formula is C13H19ClN2. The summed E-state index contributed by atoms with van der Waals surface area (Å²) in [5, 5.41) is 4.11. The van der Waals surface area contributed by atoms with Gasteiger partial charge in [0, 0.05) is 12.2 Å². The molecule has 1 aromatic rings. The molecule has 88 valence electrons. The van der Waals surface area contributed by atoms with E-state index in [1.165, 1.54) is 31.2 Å². The second-order valence-electron chi connectivity index (χ2n) is 4.67. The SMILES string of the molecule is CC(NCCC1CCC1)c1ccnc(Cl)c1. The lowest BCUT2D eigenvalue weighted by atomic mass is 9.83. The minimum absolute atomic E-state index is 0.362. The number of halogens is 1. The molecule has 0 aromatic carbocycles. The molecule has 1 fully saturated rings. The molecule has 2 rings (SSSR count). The van der Waals surface area contributed by atoms with Gasteiger partial charge < -0.3 is 5.32 Å². The highest BCUT2D eigenvalue weighted by Crippen LogP contribution is 2.29. The zero-order valence-corrected chi connectivity index (χ0v) is 10.5. The van der Waals surface area contributed by atoms with Gasteiger partial charge in [0.1, 0.15) is 5.15 Å². The van der Waals surface area contributed by atoms with Gasteiger partial charge >= 0.3 is 0 Å². The molecule has 0 bridgehead atoms. The van der Waals surface area contributed by atoms with Crippen molar-refractivity contribution in [1.29, 1.82) is 0 Å². The number of nitrogens with zero attached hydrogens (tertiary/aromatic N) is 1. The molecule has 0 spiro atoms. The zero-order chi connectivity index (χ0) is 11.4.